The molecular formula is C34H38F5N5O6. The van der Waals surface area contributed by atoms with E-state index in [1.54, 1.807) is 60.3 Å². The van der Waals surface area contributed by atoms with E-state index in [2.05, 4.69) is 9.72 Å². The number of aryl methyl sites for hydroxylation is 2. The van der Waals surface area contributed by atoms with Crippen molar-refractivity contribution >= 4 is 34.3 Å². The molecule has 16 heteroatoms. The first-order chi connectivity index (χ1) is 23.1. The number of halogens is 5. The van der Waals surface area contributed by atoms with E-state index in [9.17, 15) is 27.2 Å². The molecule has 11 nitrogen and oxygen atoms in total. The summed E-state index contributed by atoms with van der Waals surface area (Å²) in [6.07, 6.45) is -6.80. The average molecular weight is 708 g/mol. The SMILES string of the molecule is Cc1nc2c3c(nc(-c4cc(N)cc(F)c4OC(F)(F)F)c(F)c3c1C)OC(C)[C@@H]1[C@@H]3CC[C@](C(=O)OC(C)C)(CN21)N3C(=O)OC(C)(C)C. The fraction of sp³-hybridized carbons (Fsp3) is 0.529. The molecule has 1 aromatic carbocycles. The second kappa shape index (κ2) is 11.7. The Kier molecular flexibility index (Phi) is 8.26. The Labute approximate surface area is 284 Å². The maximum atomic E-state index is 16.9. The van der Waals surface area contributed by atoms with E-state index in [0.717, 1.165) is 6.07 Å². The summed E-state index contributed by atoms with van der Waals surface area (Å²) in [4.78, 5) is 40.3. The van der Waals surface area contributed by atoms with Crippen LogP contribution in [0.2, 0.25) is 0 Å². The van der Waals surface area contributed by atoms with Crippen LogP contribution in [0.15, 0.2) is 12.1 Å². The van der Waals surface area contributed by atoms with Crippen molar-refractivity contribution in [3.63, 3.8) is 0 Å². The van der Waals surface area contributed by atoms with Crippen LogP contribution in [0.3, 0.4) is 0 Å². The third kappa shape index (κ3) is 5.75. The maximum Gasteiger partial charge on any atom is 0.573 e. The largest absolute Gasteiger partial charge is 0.573 e. The minimum Gasteiger partial charge on any atom is -0.472 e. The number of fused-ring (bicyclic) bond motifs is 5. The Balaban J connectivity index is 1.60. The first kappa shape index (κ1) is 35.2. The van der Waals surface area contributed by atoms with Gasteiger partial charge in [0, 0.05) is 22.8 Å². The molecule has 0 aliphatic carbocycles. The number of nitrogen functional groups attached to an aromatic ring is 1. The molecule has 50 heavy (non-hydrogen) atoms. The molecule has 2 aromatic heterocycles. The molecule has 1 unspecified atom stereocenters. The van der Waals surface area contributed by atoms with Gasteiger partial charge in [-0.2, -0.15) is 0 Å². The average Bonchev–Trinajstić information content (AvgIpc) is 3.19. The van der Waals surface area contributed by atoms with Crippen molar-refractivity contribution in [2.75, 3.05) is 17.2 Å². The molecule has 0 saturated carbocycles. The van der Waals surface area contributed by atoms with Crippen LogP contribution in [0.4, 0.5) is 38.3 Å². The van der Waals surface area contributed by atoms with Gasteiger partial charge in [0.25, 0.3) is 0 Å². The third-order valence-electron chi connectivity index (χ3n) is 9.25. The van der Waals surface area contributed by atoms with Crippen molar-refractivity contribution in [1.29, 1.82) is 0 Å². The summed E-state index contributed by atoms with van der Waals surface area (Å²) in [7, 11) is 0. The number of carbonyl (C=O) groups excluding carboxylic acids is 2. The van der Waals surface area contributed by atoms with Crippen LogP contribution >= 0.6 is 0 Å². The van der Waals surface area contributed by atoms with Crippen LogP contribution in [-0.4, -0.2) is 75.3 Å². The summed E-state index contributed by atoms with van der Waals surface area (Å²) in [5.74, 6) is -4.54. The zero-order chi connectivity index (χ0) is 36.8. The van der Waals surface area contributed by atoms with Gasteiger partial charge < -0.3 is 29.6 Å². The van der Waals surface area contributed by atoms with Gasteiger partial charge in [0.15, 0.2) is 22.9 Å². The molecule has 3 aliphatic rings. The van der Waals surface area contributed by atoms with Gasteiger partial charge in [0.2, 0.25) is 5.88 Å². The van der Waals surface area contributed by atoms with Gasteiger partial charge in [-0.3, -0.25) is 4.90 Å². The number of nitrogens with two attached hydrogens (primary N) is 1. The van der Waals surface area contributed by atoms with Crippen LogP contribution < -0.4 is 20.1 Å². The quantitative estimate of drug-likeness (QED) is 0.177. The molecule has 270 valence electrons. The number of hydrogen-bond donors (Lipinski definition) is 1. The summed E-state index contributed by atoms with van der Waals surface area (Å²) in [5, 5.41) is -0.00859. The molecule has 5 heterocycles. The number of benzene rings is 1. The van der Waals surface area contributed by atoms with Gasteiger partial charge >= 0.3 is 18.4 Å². The van der Waals surface area contributed by atoms with E-state index >= 15 is 4.39 Å². The summed E-state index contributed by atoms with van der Waals surface area (Å²) in [6, 6.07) is 0.194. The molecule has 2 N–H and O–H groups in total. The minimum absolute atomic E-state index is 0.0869. The molecule has 4 atom stereocenters. The molecule has 0 spiro atoms. The van der Waals surface area contributed by atoms with E-state index in [-0.39, 0.29) is 41.1 Å². The van der Waals surface area contributed by atoms with Crippen molar-refractivity contribution in [1.82, 2.24) is 14.9 Å². The van der Waals surface area contributed by atoms with E-state index in [4.69, 9.17) is 24.9 Å². The smallest absolute Gasteiger partial charge is 0.472 e. The minimum atomic E-state index is -5.33. The lowest BCUT2D eigenvalue weighted by Gasteiger charge is -2.52. The molecule has 2 fully saturated rings. The van der Waals surface area contributed by atoms with E-state index in [1.807, 2.05) is 0 Å². The van der Waals surface area contributed by atoms with Crippen LogP contribution in [0.5, 0.6) is 11.6 Å². The van der Waals surface area contributed by atoms with Gasteiger partial charge in [-0.15, -0.1) is 13.2 Å². The normalized spacial score (nSPS) is 23.0. The summed E-state index contributed by atoms with van der Waals surface area (Å²) < 4.78 is 94.1. The lowest BCUT2D eigenvalue weighted by Crippen LogP contribution is -2.73. The first-order valence-corrected chi connectivity index (χ1v) is 16.2. The van der Waals surface area contributed by atoms with Crippen LogP contribution in [0.1, 0.15) is 65.6 Å². The molecule has 2 saturated heterocycles. The lowest BCUT2D eigenvalue weighted by molar-refractivity contribution is -0.275. The fourth-order valence-corrected chi connectivity index (χ4v) is 7.33. The topological polar surface area (TPSA) is 129 Å². The van der Waals surface area contributed by atoms with Crippen LogP contribution in [-0.2, 0) is 14.3 Å². The van der Waals surface area contributed by atoms with Crippen molar-refractivity contribution in [3.05, 3.63) is 35.0 Å². The molecular weight excluding hydrogens is 669 g/mol. The Hall–Kier alpha value is -4.63. The second-order valence-corrected chi connectivity index (χ2v) is 14.3. The van der Waals surface area contributed by atoms with E-state index in [1.165, 1.54) is 4.90 Å². The van der Waals surface area contributed by atoms with Gasteiger partial charge in [-0.05, 0) is 79.9 Å². The molecule has 0 radical (unpaired) electrons. The molecule has 2 bridgehead atoms. The number of ether oxygens (including phenoxy) is 4. The van der Waals surface area contributed by atoms with E-state index < -0.39 is 82.5 Å². The maximum absolute atomic E-state index is 16.9. The predicted octanol–water partition coefficient (Wildman–Crippen LogP) is 6.73. The molecule has 6 rings (SSSR count). The predicted molar refractivity (Wildman–Crippen MR) is 172 cm³/mol. The Morgan fingerprint density at radius 1 is 1.10 bits per heavy atom. The van der Waals surface area contributed by atoms with Gasteiger partial charge in [0.05, 0.1) is 35.7 Å². The van der Waals surface area contributed by atoms with Gasteiger partial charge in [0.1, 0.15) is 23.2 Å². The highest BCUT2D eigenvalue weighted by Gasteiger charge is 2.65. The number of rotatable bonds is 4. The number of aromatic nitrogens is 2. The van der Waals surface area contributed by atoms with Crippen LogP contribution in [0.25, 0.3) is 22.0 Å². The summed E-state index contributed by atoms with van der Waals surface area (Å²) in [6.45, 7) is 13.3. The Bertz CT molecular complexity index is 1910. The number of pyridine rings is 2. The van der Waals surface area contributed by atoms with Crippen molar-refractivity contribution in [3.8, 4) is 22.9 Å². The zero-order valence-corrected chi connectivity index (χ0v) is 28.8. The second-order valence-electron chi connectivity index (χ2n) is 14.3. The number of nitrogens with zero attached hydrogens (tertiary/aromatic N) is 4. The highest BCUT2D eigenvalue weighted by Crippen LogP contribution is 2.51. The number of esters is 1. The lowest BCUT2D eigenvalue weighted by atomic mass is 9.91. The van der Waals surface area contributed by atoms with Crippen molar-refractivity contribution < 1.29 is 50.5 Å². The Morgan fingerprint density at radius 3 is 2.40 bits per heavy atom. The van der Waals surface area contributed by atoms with Gasteiger partial charge in [-0.25, -0.2) is 28.3 Å². The first-order valence-electron chi connectivity index (χ1n) is 16.2. The van der Waals surface area contributed by atoms with Crippen molar-refractivity contribution in [2.24, 2.45) is 0 Å². The zero-order valence-electron chi connectivity index (χ0n) is 28.8. The van der Waals surface area contributed by atoms with Gasteiger partial charge in [-0.1, -0.05) is 0 Å². The fourth-order valence-electron chi connectivity index (χ4n) is 7.33. The number of amides is 1. The molecule has 1 amide bonds. The highest BCUT2D eigenvalue weighted by molar-refractivity contribution is 6.02. The summed E-state index contributed by atoms with van der Waals surface area (Å²) in [5.41, 5.74) is 2.38. The van der Waals surface area contributed by atoms with Crippen molar-refractivity contribution in [2.45, 2.75) is 110 Å². The molecule has 3 aliphatic heterocycles. The number of anilines is 2. The molecule has 3 aromatic rings. The van der Waals surface area contributed by atoms with E-state index in [0.29, 0.717) is 23.7 Å². The highest BCUT2D eigenvalue weighted by atomic mass is 19.4. The van der Waals surface area contributed by atoms with Crippen LogP contribution in [0, 0.1) is 25.5 Å². The number of piperazine rings is 1. The monoisotopic (exact) mass is 707 g/mol. The Morgan fingerprint density at radius 2 is 1.78 bits per heavy atom. The standard InChI is InChI=1S/C34H38F5N5O6/c1-14(2)47-30(45)33-10-9-21(44(33)31(46)50-32(6,7)8)26-17(5)48-29-23-22(15(3)16(4)41-28(23)43(26)13-33)24(36)25(42-29)19-11-18(40)12-20(35)27(19)49-34(37,38)39/h11-12,14,17,21,26H,9-10,13,40H2,1-8H3/t17?,21-,26+,33+/m0/s1. The number of carbonyl (C=O) groups is 2. The third-order valence-corrected chi connectivity index (χ3v) is 9.25. The number of hydrogen-bond acceptors (Lipinski definition) is 10. The summed E-state index contributed by atoms with van der Waals surface area (Å²) >= 11 is 0. The number of alkyl halides is 3.